The van der Waals surface area contributed by atoms with E-state index in [0.717, 1.165) is 0 Å². The highest BCUT2D eigenvalue weighted by Crippen LogP contribution is 2.13. The van der Waals surface area contributed by atoms with E-state index in [4.69, 9.17) is 5.11 Å². The summed E-state index contributed by atoms with van der Waals surface area (Å²) in [6.07, 6.45) is 0.827. The van der Waals surface area contributed by atoms with Gasteiger partial charge in [0.15, 0.2) is 0 Å². The summed E-state index contributed by atoms with van der Waals surface area (Å²) >= 11 is 0. The van der Waals surface area contributed by atoms with E-state index in [-0.39, 0.29) is 18.2 Å². The summed E-state index contributed by atoms with van der Waals surface area (Å²) in [6, 6.07) is 6.70. The quantitative estimate of drug-likeness (QED) is 0.671. The van der Waals surface area contributed by atoms with Crippen LogP contribution in [0.4, 0.5) is 5.69 Å². The minimum absolute atomic E-state index is 0.0353. The highest BCUT2D eigenvalue weighted by molar-refractivity contribution is 5.90. The zero-order valence-corrected chi connectivity index (χ0v) is 13.8. The molecule has 6 nitrogen and oxygen atoms in total. The Morgan fingerprint density at radius 2 is 1.70 bits per heavy atom. The molecule has 0 saturated heterocycles. The van der Waals surface area contributed by atoms with Gasteiger partial charge in [-0.1, -0.05) is 32.9 Å². The summed E-state index contributed by atoms with van der Waals surface area (Å²) in [5.41, 5.74) is 0.878. The summed E-state index contributed by atoms with van der Waals surface area (Å²) in [6.45, 7) is 5.97. The SMILES string of the molecule is CC(C)(C)C(=O)NCCCC(=O)Nc1ccc(CC(=O)O)cc1. The molecule has 0 saturated carbocycles. The molecule has 0 aromatic heterocycles. The number of hydrogen-bond acceptors (Lipinski definition) is 3. The Balaban J connectivity index is 2.31. The minimum Gasteiger partial charge on any atom is -0.481 e. The van der Waals surface area contributed by atoms with Gasteiger partial charge in [-0.15, -0.1) is 0 Å². The third-order valence-corrected chi connectivity index (χ3v) is 3.14. The lowest BCUT2D eigenvalue weighted by atomic mass is 9.96. The van der Waals surface area contributed by atoms with E-state index in [1.54, 1.807) is 24.3 Å². The third-order valence-electron chi connectivity index (χ3n) is 3.14. The number of nitrogens with one attached hydrogen (secondary N) is 2. The van der Waals surface area contributed by atoms with E-state index in [1.165, 1.54) is 0 Å². The van der Waals surface area contributed by atoms with Gasteiger partial charge >= 0.3 is 5.97 Å². The van der Waals surface area contributed by atoms with Gasteiger partial charge < -0.3 is 15.7 Å². The second-order valence-electron chi connectivity index (χ2n) is 6.43. The van der Waals surface area contributed by atoms with Crippen LogP contribution in [-0.4, -0.2) is 29.4 Å². The highest BCUT2D eigenvalue weighted by atomic mass is 16.4. The zero-order chi connectivity index (χ0) is 17.5. The molecule has 0 bridgehead atoms. The molecule has 1 aromatic rings. The molecule has 6 heteroatoms. The van der Waals surface area contributed by atoms with Crippen molar-refractivity contribution in [2.75, 3.05) is 11.9 Å². The maximum absolute atomic E-state index is 11.8. The highest BCUT2D eigenvalue weighted by Gasteiger charge is 2.20. The van der Waals surface area contributed by atoms with Gasteiger partial charge in [-0.3, -0.25) is 14.4 Å². The second-order valence-corrected chi connectivity index (χ2v) is 6.43. The molecule has 0 heterocycles. The van der Waals surface area contributed by atoms with Crippen LogP contribution < -0.4 is 10.6 Å². The molecule has 0 aliphatic carbocycles. The fourth-order valence-electron chi connectivity index (χ4n) is 1.82. The van der Waals surface area contributed by atoms with Crippen LogP contribution in [0, 0.1) is 5.41 Å². The van der Waals surface area contributed by atoms with Crippen molar-refractivity contribution < 1.29 is 19.5 Å². The van der Waals surface area contributed by atoms with Crippen molar-refractivity contribution in [1.82, 2.24) is 5.32 Å². The van der Waals surface area contributed by atoms with E-state index in [2.05, 4.69) is 10.6 Å². The number of aliphatic carboxylic acids is 1. The summed E-state index contributed by atoms with van der Waals surface area (Å²) in [5.74, 6) is -1.06. The van der Waals surface area contributed by atoms with Crippen LogP contribution in [0.15, 0.2) is 24.3 Å². The van der Waals surface area contributed by atoms with Gasteiger partial charge in [0.25, 0.3) is 0 Å². The summed E-state index contributed by atoms with van der Waals surface area (Å²) < 4.78 is 0. The molecular formula is C17H24N2O4. The number of carboxylic acid groups (broad SMARTS) is 1. The standard InChI is InChI=1S/C17H24N2O4/c1-17(2,3)16(23)18-10-4-5-14(20)19-13-8-6-12(7-9-13)11-15(21)22/h6-9H,4-5,10-11H2,1-3H3,(H,18,23)(H,19,20)(H,21,22). The molecule has 2 amide bonds. The largest absolute Gasteiger partial charge is 0.481 e. The van der Waals surface area contributed by atoms with Gasteiger partial charge in [-0.25, -0.2) is 0 Å². The average Bonchev–Trinajstić information content (AvgIpc) is 2.44. The number of carbonyl (C=O) groups excluding carboxylic acids is 2. The fourth-order valence-corrected chi connectivity index (χ4v) is 1.82. The predicted molar refractivity (Wildman–Crippen MR) is 88.1 cm³/mol. The van der Waals surface area contributed by atoms with Crippen LogP contribution in [0.25, 0.3) is 0 Å². The van der Waals surface area contributed by atoms with Crippen LogP contribution in [0.5, 0.6) is 0 Å². The first-order chi connectivity index (χ1) is 10.7. The monoisotopic (exact) mass is 320 g/mol. The van der Waals surface area contributed by atoms with Crippen molar-refractivity contribution in [3.05, 3.63) is 29.8 Å². The second kappa shape index (κ2) is 8.31. The number of carbonyl (C=O) groups is 3. The third kappa shape index (κ3) is 7.44. The Morgan fingerprint density at radius 1 is 1.09 bits per heavy atom. The van der Waals surface area contributed by atoms with Gasteiger partial charge in [-0.2, -0.15) is 0 Å². The van der Waals surface area contributed by atoms with Gasteiger partial charge in [0, 0.05) is 24.1 Å². The molecule has 0 unspecified atom stereocenters. The van der Waals surface area contributed by atoms with Gasteiger partial charge in [0.1, 0.15) is 0 Å². The maximum Gasteiger partial charge on any atom is 0.307 e. The van der Waals surface area contributed by atoms with Gasteiger partial charge in [-0.05, 0) is 24.1 Å². The van der Waals surface area contributed by atoms with E-state index >= 15 is 0 Å². The Labute approximate surface area is 136 Å². The van der Waals surface area contributed by atoms with E-state index in [9.17, 15) is 14.4 Å². The van der Waals surface area contributed by atoms with Crippen LogP contribution in [0.3, 0.4) is 0 Å². The lowest BCUT2D eigenvalue weighted by molar-refractivity contribution is -0.136. The van der Waals surface area contributed by atoms with Gasteiger partial charge in [0.2, 0.25) is 11.8 Å². The number of rotatable bonds is 7. The lowest BCUT2D eigenvalue weighted by Gasteiger charge is -2.17. The van der Waals surface area contributed by atoms with Crippen molar-refractivity contribution in [2.24, 2.45) is 5.41 Å². The molecule has 3 N–H and O–H groups in total. The molecule has 0 atom stereocenters. The van der Waals surface area contributed by atoms with Crippen LogP contribution in [0.1, 0.15) is 39.2 Å². The molecule has 0 aliphatic rings. The lowest BCUT2D eigenvalue weighted by Crippen LogP contribution is -2.35. The molecule has 0 aliphatic heterocycles. The predicted octanol–water partition coefficient (Wildman–Crippen LogP) is 2.19. The molecule has 0 fully saturated rings. The first-order valence-corrected chi connectivity index (χ1v) is 7.57. The van der Waals surface area contributed by atoms with Crippen molar-refractivity contribution in [2.45, 2.75) is 40.0 Å². The molecule has 0 radical (unpaired) electrons. The smallest absolute Gasteiger partial charge is 0.307 e. The number of anilines is 1. The molecule has 0 spiro atoms. The van der Waals surface area contributed by atoms with E-state index in [0.29, 0.717) is 30.6 Å². The van der Waals surface area contributed by atoms with Crippen molar-refractivity contribution in [3.8, 4) is 0 Å². The number of hydrogen-bond donors (Lipinski definition) is 3. The maximum atomic E-state index is 11.8. The average molecular weight is 320 g/mol. The molecule has 23 heavy (non-hydrogen) atoms. The van der Waals surface area contributed by atoms with E-state index < -0.39 is 11.4 Å². The number of benzene rings is 1. The fraction of sp³-hybridized carbons (Fsp3) is 0.471. The number of amides is 2. The molecule has 126 valence electrons. The molecular weight excluding hydrogens is 296 g/mol. The van der Waals surface area contributed by atoms with Crippen molar-refractivity contribution in [3.63, 3.8) is 0 Å². The minimum atomic E-state index is -0.890. The summed E-state index contributed by atoms with van der Waals surface area (Å²) in [7, 11) is 0. The molecule has 1 rings (SSSR count). The Kier molecular flexibility index (Phi) is 6.75. The normalized spacial score (nSPS) is 10.9. The Morgan fingerprint density at radius 3 is 2.22 bits per heavy atom. The summed E-state index contributed by atoms with van der Waals surface area (Å²) in [5, 5.41) is 14.2. The van der Waals surface area contributed by atoms with Crippen molar-refractivity contribution >= 4 is 23.5 Å². The topological polar surface area (TPSA) is 95.5 Å². The van der Waals surface area contributed by atoms with Gasteiger partial charge in [0.05, 0.1) is 6.42 Å². The van der Waals surface area contributed by atoms with Crippen LogP contribution >= 0.6 is 0 Å². The first-order valence-electron chi connectivity index (χ1n) is 7.57. The Hall–Kier alpha value is -2.37. The summed E-state index contributed by atoms with van der Waals surface area (Å²) in [4.78, 5) is 34.0. The zero-order valence-electron chi connectivity index (χ0n) is 13.8. The van der Waals surface area contributed by atoms with Crippen molar-refractivity contribution in [1.29, 1.82) is 0 Å². The van der Waals surface area contributed by atoms with E-state index in [1.807, 2.05) is 20.8 Å². The van der Waals surface area contributed by atoms with Crippen LogP contribution in [0.2, 0.25) is 0 Å². The van der Waals surface area contributed by atoms with Crippen LogP contribution in [-0.2, 0) is 20.8 Å². The molecule has 1 aromatic carbocycles. The number of carboxylic acids is 1. The first kappa shape index (κ1) is 18.7. The Bertz CT molecular complexity index is 559.